The minimum absolute atomic E-state index is 0.723. The molecule has 1 nitrogen and oxygen atoms in total. The van der Waals surface area contributed by atoms with Crippen LogP contribution in [-0.2, 0) is 6.42 Å². The first-order chi connectivity index (χ1) is 6.92. The number of thiophene rings is 1. The third kappa shape index (κ3) is 1.86. The van der Waals surface area contributed by atoms with Crippen molar-refractivity contribution in [2.45, 2.75) is 6.42 Å². The average molecular weight is 203 g/mol. The molecule has 2 rings (SSSR count). The largest absolute Gasteiger partial charge is 0.330 e. The standard InChI is InChI=1S/C12H13NS/c13-8-6-12-11(7-9-14-12)10-4-2-1-3-5-10/h1-5,7,9H,6,8,13H2. The van der Waals surface area contributed by atoms with Crippen LogP contribution in [-0.4, -0.2) is 6.54 Å². The van der Waals surface area contributed by atoms with E-state index < -0.39 is 0 Å². The molecule has 72 valence electrons. The molecular formula is C12H13NS. The van der Waals surface area contributed by atoms with Crippen molar-refractivity contribution in [1.82, 2.24) is 0 Å². The van der Waals surface area contributed by atoms with E-state index in [9.17, 15) is 0 Å². The van der Waals surface area contributed by atoms with Gasteiger partial charge in [0.1, 0.15) is 0 Å². The van der Waals surface area contributed by atoms with E-state index in [0.29, 0.717) is 0 Å². The maximum atomic E-state index is 5.57. The highest BCUT2D eigenvalue weighted by Crippen LogP contribution is 2.28. The van der Waals surface area contributed by atoms with Crippen molar-refractivity contribution in [2.24, 2.45) is 5.73 Å². The Morgan fingerprint density at radius 2 is 1.86 bits per heavy atom. The molecule has 0 aliphatic rings. The van der Waals surface area contributed by atoms with Gasteiger partial charge in [-0.2, -0.15) is 0 Å². The smallest absolute Gasteiger partial charge is 0.0136 e. The van der Waals surface area contributed by atoms with Crippen LogP contribution in [0.1, 0.15) is 4.88 Å². The summed E-state index contributed by atoms with van der Waals surface area (Å²) >= 11 is 1.79. The Kier molecular flexibility index (Phi) is 2.96. The Balaban J connectivity index is 2.37. The first-order valence-electron chi connectivity index (χ1n) is 4.73. The van der Waals surface area contributed by atoms with Crippen LogP contribution in [0.4, 0.5) is 0 Å². The maximum absolute atomic E-state index is 5.57. The monoisotopic (exact) mass is 203 g/mol. The third-order valence-corrected chi connectivity index (χ3v) is 3.18. The molecule has 0 unspecified atom stereocenters. The highest BCUT2D eigenvalue weighted by molar-refractivity contribution is 7.10. The summed E-state index contributed by atoms with van der Waals surface area (Å²) in [5.41, 5.74) is 8.20. The summed E-state index contributed by atoms with van der Waals surface area (Å²) < 4.78 is 0. The van der Waals surface area contributed by atoms with Crippen molar-refractivity contribution < 1.29 is 0 Å². The molecule has 0 atom stereocenters. The Morgan fingerprint density at radius 3 is 2.57 bits per heavy atom. The second-order valence-electron chi connectivity index (χ2n) is 3.16. The second kappa shape index (κ2) is 4.40. The molecule has 0 radical (unpaired) electrons. The minimum atomic E-state index is 0.723. The van der Waals surface area contributed by atoms with E-state index >= 15 is 0 Å². The molecule has 0 spiro atoms. The van der Waals surface area contributed by atoms with Crippen LogP contribution in [0.2, 0.25) is 0 Å². The van der Waals surface area contributed by atoms with Crippen LogP contribution >= 0.6 is 11.3 Å². The molecule has 2 N–H and O–H groups in total. The first-order valence-corrected chi connectivity index (χ1v) is 5.61. The van der Waals surface area contributed by atoms with Gasteiger partial charge in [0.15, 0.2) is 0 Å². The van der Waals surface area contributed by atoms with Gasteiger partial charge in [0.25, 0.3) is 0 Å². The lowest BCUT2D eigenvalue weighted by Crippen LogP contribution is -2.01. The lowest BCUT2D eigenvalue weighted by molar-refractivity contribution is 0.990. The number of benzene rings is 1. The highest BCUT2D eigenvalue weighted by atomic mass is 32.1. The van der Waals surface area contributed by atoms with E-state index in [4.69, 9.17) is 5.73 Å². The van der Waals surface area contributed by atoms with Gasteiger partial charge < -0.3 is 5.73 Å². The Hall–Kier alpha value is -1.12. The molecule has 1 heterocycles. The van der Waals surface area contributed by atoms with Crippen LogP contribution in [0.3, 0.4) is 0 Å². The second-order valence-corrected chi connectivity index (χ2v) is 4.16. The predicted octanol–water partition coefficient (Wildman–Crippen LogP) is 2.92. The third-order valence-electron chi connectivity index (χ3n) is 2.20. The van der Waals surface area contributed by atoms with E-state index in [-0.39, 0.29) is 0 Å². The van der Waals surface area contributed by atoms with Crippen LogP contribution in [0.5, 0.6) is 0 Å². The zero-order valence-electron chi connectivity index (χ0n) is 7.94. The van der Waals surface area contributed by atoms with E-state index in [1.807, 2.05) is 6.07 Å². The summed E-state index contributed by atoms with van der Waals surface area (Å²) in [6.45, 7) is 0.723. The van der Waals surface area contributed by atoms with Gasteiger partial charge in [0.05, 0.1) is 0 Å². The predicted molar refractivity (Wildman–Crippen MR) is 62.5 cm³/mol. The number of hydrogen-bond acceptors (Lipinski definition) is 2. The van der Waals surface area contributed by atoms with Crippen LogP contribution in [0.25, 0.3) is 11.1 Å². The molecule has 2 heteroatoms. The SMILES string of the molecule is NCCc1sccc1-c1ccccc1. The van der Waals surface area contributed by atoms with E-state index in [1.54, 1.807) is 11.3 Å². The number of nitrogens with two attached hydrogens (primary N) is 1. The number of hydrogen-bond donors (Lipinski definition) is 1. The highest BCUT2D eigenvalue weighted by Gasteiger charge is 2.04. The van der Waals surface area contributed by atoms with Gasteiger partial charge in [-0.05, 0) is 35.5 Å². The Labute approximate surface area is 88.2 Å². The molecule has 0 saturated carbocycles. The van der Waals surface area contributed by atoms with E-state index in [1.165, 1.54) is 16.0 Å². The molecule has 0 aliphatic heterocycles. The molecule has 0 amide bonds. The average Bonchev–Trinajstić information content (AvgIpc) is 2.68. The summed E-state index contributed by atoms with van der Waals surface area (Å²) in [7, 11) is 0. The van der Waals surface area contributed by atoms with Gasteiger partial charge >= 0.3 is 0 Å². The quantitative estimate of drug-likeness (QED) is 0.815. The number of rotatable bonds is 3. The summed E-state index contributed by atoms with van der Waals surface area (Å²) in [6, 6.07) is 12.6. The molecule has 0 fully saturated rings. The molecule has 2 aromatic rings. The molecule has 0 saturated heterocycles. The van der Waals surface area contributed by atoms with Crippen LogP contribution in [0.15, 0.2) is 41.8 Å². The van der Waals surface area contributed by atoms with Gasteiger partial charge in [0, 0.05) is 4.88 Å². The molecule has 14 heavy (non-hydrogen) atoms. The van der Waals surface area contributed by atoms with Crippen molar-refractivity contribution in [3.63, 3.8) is 0 Å². The van der Waals surface area contributed by atoms with Gasteiger partial charge in [-0.25, -0.2) is 0 Å². The first kappa shape index (κ1) is 9.44. The normalized spacial score (nSPS) is 10.4. The minimum Gasteiger partial charge on any atom is -0.330 e. The van der Waals surface area contributed by atoms with Crippen molar-refractivity contribution >= 4 is 11.3 Å². The Morgan fingerprint density at radius 1 is 1.07 bits per heavy atom. The topological polar surface area (TPSA) is 26.0 Å². The molecule has 1 aromatic carbocycles. The van der Waals surface area contributed by atoms with E-state index in [2.05, 4.69) is 35.7 Å². The summed E-state index contributed by atoms with van der Waals surface area (Å²) in [5.74, 6) is 0. The van der Waals surface area contributed by atoms with Crippen LogP contribution < -0.4 is 5.73 Å². The van der Waals surface area contributed by atoms with Crippen molar-refractivity contribution in [2.75, 3.05) is 6.54 Å². The lowest BCUT2D eigenvalue weighted by Gasteiger charge is -2.01. The van der Waals surface area contributed by atoms with Gasteiger partial charge in [0.2, 0.25) is 0 Å². The van der Waals surface area contributed by atoms with Gasteiger partial charge in [-0.3, -0.25) is 0 Å². The summed E-state index contributed by atoms with van der Waals surface area (Å²) in [6.07, 6.45) is 0.974. The molecular weight excluding hydrogens is 190 g/mol. The maximum Gasteiger partial charge on any atom is 0.0136 e. The molecule has 0 bridgehead atoms. The molecule has 0 aliphatic carbocycles. The summed E-state index contributed by atoms with van der Waals surface area (Å²) in [5, 5.41) is 2.13. The Bertz CT molecular complexity index is 392. The fourth-order valence-electron chi connectivity index (χ4n) is 1.54. The van der Waals surface area contributed by atoms with Gasteiger partial charge in [-0.15, -0.1) is 11.3 Å². The van der Waals surface area contributed by atoms with Crippen molar-refractivity contribution in [3.05, 3.63) is 46.7 Å². The van der Waals surface area contributed by atoms with E-state index in [0.717, 1.165) is 13.0 Å². The fraction of sp³-hybridized carbons (Fsp3) is 0.167. The zero-order valence-corrected chi connectivity index (χ0v) is 8.76. The fourth-order valence-corrected chi connectivity index (χ4v) is 2.46. The lowest BCUT2D eigenvalue weighted by atomic mass is 10.1. The van der Waals surface area contributed by atoms with Crippen molar-refractivity contribution in [3.8, 4) is 11.1 Å². The summed E-state index contributed by atoms with van der Waals surface area (Å²) in [4.78, 5) is 1.39. The van der Waals surface area contributed by atoms with Crippen molar-refractivity contribution in [1.29, 1.82) is 0 Å². The zero-order chi connectivity index (χ0) is 9.80. The van der Waals surface area contributed by atoms with Gasteiger partial charge in [-0.1, -0.05) is 30.3 Å². The van der Waals surface area contributed by atoms with Crippen LogP contribution in [0, 0.1) is 0 Å². The molecule has 1 aromatic heterocycles.